The lowest BCUT2D eigenvalue weighted by molar-refractivity contribution is 0.0722. The van der Waals surface area contributed by atoms with Gasteiger partial charge < -0.3 is 24.3 Å². The van der Waals surface area contributed by atoms with E-state index in [0.29, 0.717) is 18.5 Å². The Morgan fingerprint density at radius 2 is 1.76 bits per heavy atom. The summed E-state index contributed by atoms with van der Waals surface area (Å²) in [5.74, 6) is 0.0310. The number of carbonyl (C=O) groups is 2. The third-order valence-corrected chi connectivity index (χ3v) is 5.54. The average molecular weight is 452 g/mol. The third kappa shape index (κ3) is 5.68. The van der Waals surface area contributed by atoms with Gasteiger partial charge in [-0.2, -0.15) is 9.97 Å². The van der Waals surface area contributed by atoms with Gasteiger partial charge in [0.25, 0.3) is 11.8 Å². The van der Waals surface area contributed by atoms with Crippen LogP contribution < -0.4 is 14.8 Å². The second-order valence-electron chi connectivity index (χ2n) is 7.70. The molecule has 0 spiro atoms. The molecule has 3 rings (SSSR count). The molecule has 0 fully saturated rings. The maximum absolute atomic E-state index is 12.9. The number of aryl methyl sites for hydroxylation is 2. The number of rotatable bonds is 9. The Morgan fingerprint density at radius 3 is 2.36 bits per heavy atom. The van der Waals surface area contributed by atoms with Crippen LogP contribution in [0.5, 0.6) is 11.8 Å². The number of ether oxygens (including phenoxy) is 2. The number of para-hydroxylation sites is 1. The summed E-state index contributed by atoms with van der Waals surface area (Å²) >= 11 is 0. The fourth-order valence-electron chi connectivity index (χ4n) is 3.37. The minimum Gasteiger partial charge on any atom is -0.481 e. The number of hydrogen-bond donors (Lipinski definition) is 1. The van der Waals surface area contributed by atoms with Crippen LogP contribution in [-0.4, -0.2) is 58.6 Å². The SMILES string of the molecule is COc1cc(OC)nc(C(=O)N(C)[C@@H](C)CCc2ccccc2NC(=O)c2cccn2C)n1. The molecule has 0 bridgehead atoms. The minimum absolute atomic E-state index is 0.00998. The highest BCUT2D eigenvalue weighted by Gasteiger charge is 2.22. The first kappa shape index (κ1) is 23.8. The first-order chi connectivity index (χ1) is 15.8. The summed E-state index contributed by atoms with van der Waals surface area (Å²) in [6.45, 7) is 1.96. The smallest absolute Gasteiger partial charge is 0.291 e. The first-order valence-electron chi connectivity index (χ1n) is 10.6. The zero-order valence-electron chi connectivity index (χ0n) is 19.5. The van der Waals surface area contributed by atoms with Gasteiger partial charge in [0.05, 0.1) is 20.3 Å². The molecule has 0 aliphatic rings. The van der Waals surface area contributed by atoms with Crippen LogP contribution in [0.3, 0.4) is 0 Å². The summed E-state index contributed by atoms with van der Waals surface area (Å²) in [5.41, 5.74) is 2.33. The van der Waals surface area contributed by atoms with Crippen molar-refractivity contribution in [2.75, 3.05) is 26.6 Å². The molecule has 0 saturated heterocycles. The van der Waals surface area contributed by atoms with E-state index in [4.69, 9.17) is 9.47 Å². The van der Waals surface area contributed by atoms with E-state index in [0.717, 1.165) is 11.3 Å². The van der Waals surface area contributed by atoms with E-state index >= 15 is 0 Å². The van der Waals surface area contributed by atoms with Gasteiger partial charge in [0.1, 0.15) is 5.69 Å². The van der Waals surface area contributed by atoms with E-state index in [1.165, 1.54) is 20.3 Å². The molecule has 0 unspecified atom stereocenters. The Morgan fingerprint density at radius 1 is 1.09 bits per heavy atom. The van der Waals surface area contributed by atoms with Crippen LogP contribution in [0.1, 0.15) is 40.0 Å². The predicted molar refractivity (Wildman–Crippen MR) is 125 cm³/mol. The fourth-order valence-corrected chi connectivity index (χ4v) is 3.37. The van der Waals surface area contributed by atoms with Crippen LogP contribution in [0.4, 0.5) is 5.69 Å². The molecule has 0 aliphatic heterocycles. The van der Waals surface area contributed by atoms with E-state index in [2.05, 4.69) is 15.3 Å². The first-order valence-corrected chi connectivity index (χ1v) is 10.6. The molecule has 2 aromatic heterocycles. The predicted octanol–water partition coefficient (Wildman–Crippen LogP) is 3.18. The molecule has 2 amide bonds. The highest BCUT2D eigenvalue weighted by molar-refractivity contribution is 6.03. The second kappa shape index (κ2) is 10.6. The molecule has 0 saturated carbocycles. The number of hydrogen-bond acceptors (Lipinski definition) is 6. The van der Waals surface area contributed by atoms with Gasteiger partial charge in [-0.05, 0) is 43.5 Å². The molecular weight excluding hydrogens is 422 g/mol. The Kier molecular flexibility index (Phi) is 7.66. The summed E-state index contributed by atoms with van der Waals surface area (Å²) in [4.78, 5) is 35.5. The van der Waals surface area contributed by atoms with Gasteiger partial charge in [0, 0.05) is 32.0 Å². The molecule has 2 heterocycles. The lowest BCUT2D eigenvalue weighted by Crippen LogP contribution is -2.36. The van der Waals surface area contributed by atoms with Gasteiger partial charge in [-0.15, -0.1) is 0 Å². The van der Waals surface area contributed by atoms with Crippen LogP contribution in [0.25, 0.3) is 0 Å². The number of nitrogens with zero attached hydrogens (tertiary/aromatic N) is 4. The van der Waals surface area contributed by atoms with Gasteiger partial charge in [-0.1, -0.05) is 18.2 Å². The summed E-state index contributed by atoms with van der Waals surface area (Å²) in [5, 5.41) is 2.99. The summed E-state index contributed by atoms with van der Waals surface area (Å²) in [6, 6.07) is 12.7. The lowest BCUT2D eigenvalue weighted by atomic mass is 10.0. The molecule has 1 N–H and O–H groups in total. The molecule has 9 nitrogen and oxygen atoms in total. The van der Waals surface area contributed by atoms with Crippen molar-refractivity contribution in [3.63, 3.8) is 0 Å². The van der Waals surface area contributed by atoms with Crippen molar-refractivity contribution in [2.45, 2.75) is 25.8 Å². The number of anilines is 1. The normalized spacial score (nSPS) is 11.5. The Labute approximate surface area is 193 Å². The minimum atomic E-state index is -0.329. The van der Waals surface area contributed by atoms with E-state index in [-0.39, 0.29) is 35.4 Å². The third-order valence-electron chi connectivity index (χ3n) is 5.54. The zero-order valence-corrected chi connectivity index (χ0v) is 19.5. The molecule has 3 aromatic rings. The number of methoxy groups -OCH3 is 2. The van der Waals surface area contributed by atoms with E-state index in [1.54, 1.807) is 22.6 Å². The van der Waals surface area contributed by atoms with Gasteiger partial charge >= 0.3 is 0 Å². The van der Waals surface area contributed by atoms with Crippen molar-refractivity contribution in [1.82, 2.24) is 19.4 Å². The number of amides is 2. The van der Waals surface area contributed by atoms with E-state index in [9.17, 15) is 9.59 Å². The number of nitrogens with one attached hydrogen (secondary N) is 1. The van der Waals surface area contributed by atoms with Crippen molar-refractivity contribution in [3.8, 4) is 11.8 Å². The maximum atomic E-state index is 12.9. The average Bonchev–Trinajstić information content (AvgIpc) is 3.27. The molecule has 1 aromatic carbocycles. The highest BCUT2D eigenvalue weighted by Crippen LogP contribution is 2.21. The molecular formula is C24H29N5O4. The van der Waals surface area contributed by atoms with Gasteiger partial charge in [0.15, 0.2) is 0 Å². The van der Waals surface area contributed by atoms with Crippen molar-refractivity contribution < 1.29 is 19.1 Å². The topological polar surface area (TPSA) is 98.6 Å². The van der Waals surface area contributed by atoms with Gasteiger partial charge in [-0.25, -0.2) is 0 Å². The van der Waals surface area contributed by atoms with Crippen molar-refractivity contribution in [2.24, 2.45) is 7.05 Å². The summed E-state index contributed by atoms with van der Waals surface area (Å²) in [6.07, 6.45) is 3.18. The summed E-state index contributed by atoms with van der Waals surface area (Å²) in [7, 11) is 6.48. The monoisotopic (exact) mass is 451 g/mol. The molecule has 1 atom stereocenters. The highest BCUT2D eigenvalue weighted by atomic mass is 16.5. The largest absolute Gasteiger partial charge is 0.481 e. The van der Waals surface area contributed by atoms with Crippen LogP contribution in [0.2, 0.25) is 0 Å². The van der Waals surface area contributed by atoms with Crippen LogP contribution in [0.15, 0.2) is 48.7 Å². The lowest BCUT2D eigenvalue weighted by Gasteiger charge is -2.25. The molecule has 9 heteroatoms. The van der Waals surface area contributed by atoms with Crippen molar-refractivity contribution in [1.29, 1.82) is 0 Å². The quantitative estimate of drug-likeness (QED) is 0.537. The Balaban J connectivity index is 1.67. The number of benzene rings is 1. The van der Waals surface area contributed by atoms with Gasteiger partial charge in [0.2, 0.25) is 17.6 Å². The fraction of sp³-hybridized carbons (Fsp3) is 0.333. The molecule has 174 valence electrons. The standard InChI is InChI=1S/C24H29N5O4/c1-16(29(3)24(31)22-26-20(32-4)15-21(27-22)33-5)12-13-17-9-6-7-10-18(17)25-23(30)19-11-8-14-28(19)2/h6-11,14-16H,12-13H2,1-5H3,(H,25,30)/t16-/m0/s1. The van der Waals surface area contributed by atoms with Crippen LogP contribution in [0, 0.1) is 0 Å². The van der Waals surface area contributed by atoms with Crippen LogP contribution in [-0.2, 0) is 13.5 Å². The van der Waals surface area contributed by atoms with E-state index < -0.39 is 0 Å². The van der Waals surface area contributed by atoms with Crippen LogP contribution >= 0.6 is 0 Å². The molecule has 0 radical (unpaired) electrons. The van der Waals surface area contributed by atoms with Crippen molar-refractivity contribution in [3.05, 3.63) is 65.7 Å². The van der Waals surface area contributed by atoms with Crippen molar-refractivity contribution >= 4 is 17.5 Å². The van der Waals surface area contributed by atoms with Gasteiger partial charge in [-0.3, -0.25) is 9.59 Å². The maximum Gasteiger partial charge on any atom is 0.291 e. The number of carbonyl (C=O) groups excluding carboxylic acids is 2. The summed E-state index contributed by atoms with van der Waals surface area (Å²) < 4.78 is 12.0. The Bertz CT molecular complexity index is 1110. The number of aromatic nitrogens is 3. The molecule has 33 heavy (non-hydrogen) atoms. The van der Waals surface area contributed by atoms with E-state index in [1.807, 2.05) is 50.5 Å². The Hall–Kier alpha value is -3.88. The second-order valence-corrected chi connectivity index (χ2v) is 7.70. The zero-order chi connectivity index (χ0) is 24.0. The molecule has 0 aliphatic carbocycles.